The average molecular weight is 287 g/mol. The van der Waals surface area contributed by atoms with Crippen LogP contribution in [0.3, 0.4) is 0 Å². The molecule has 2 aromatic carbocycles. The minimum Gasteiger partial charge on any atom is -0.363 e. The number of halogens is 1. The highest BCUT2D eigenvalue weighted by Crippen LogP contribution is 2.32. The quantitative estimate of drug-likeness (QED) is 0.931. The normalized spacial score (nSPS) is 15.2. The van der Waals surface area contributed by atoms with Gasteiger partial charge in [-0.2, -0.15) is 0 Å². The molecule has 0 saturated heterocycles. The summed E-state index contributed by atoms with van der Waals surface area (Å²) in [5, 5.41) is 0.782. The zero-order valence-corrected chi connectivity index (χ0v) is 12.4. The van der Waals surface area contributed by atoms with Crippen molar-refractivity contribution in [3.05, 3.63) is 64.2 Å². The first-order valence-electron chi connectivity index (χ1n) is 6.99. The molecule has 0 radical (unpaired) electrons. The molecule has 104 valence electrons. The number of fused-ring (bicyclic) bond motifs is 1. The Kier molecular flexibility index (Phi) is 3.68. The van der Waals surface area contributed by atoms with Crippen LogP contribution in [-0.2, 0) is 19.5 Å². The van der Waals surface area contributed by atoms with Crippen LogP contribution in [0.2, 0.25) is 5.02 Å². The zero-order valence-electron chi connectivity index (χ0n) is 11.6. The van der Waals surface area contributed by atoms with Crippen LogP contribution in [0.15, 0.2) is 42.5 Å². The van der Waals surface area contributed by atoms with E-state index in [2.05, 4.69) is 41.3 Å². The maximum atomic E-state index is 6.19. The first kappa shape index (κ1) is 13.5. The van der Waals surface area contributed by atoms with Gasteiger partial charge >= 0.3 is 0 Å². The molecule has 0 amide bonds. The maximum absolute atomic E-state index is 6.19. The molecule has 1 heterocycles. The second-order valence-electron chi connectivity index (χ2n) is 5.58. The molecule has 2 nitrogen and oxygen atoms in total. The highest BCUT2D eigenvalue weighted by Gasteiger charge is 2.21. The fourth-order valence-electron chi connectivity index (χ4n) is 2.85. The van der Waals surface area contributed by atoms with Gasteiger partial charge in [-0.15, -0.1) is 0 Å². The van der Waals surface area contributed by atoms with Crippen LogP contribution >= 0.6 is 11.6 Å². The van der Waals surface area contributed by atoms with Crippen molar-refractivity contribution < 1.29 is 0 Å². The predicted molar refractivity (Wildman–Crippen MR) is 85.1 cm³/mol. The summed E-state index contributed by atoms with van der Waals surface area (Å²) in [6.45, 7) is 3.93. The van der Waals surface area contributed by atoms with Crippen LogP contribution in [0, 0.1) is 0 Å². The summed E-state index contributed by atoms with van der Waals surface area (Å²) in [5.74, 6) is 0. The number of hydrogen-bond donors (Lipinski definition) is 1. The van der Waals surface area contributed by atoms with Crippen LogP contribution in [-0.4, -0.2) is 6.04 Å². The molecule has 1 aliphatic rings. The summed E-state index contributed by atoms with van der Waals surface area (Å²) < 4.78 is 0. The Bertz CT molecular complexity index is 597. The Morgan fingerprint density at radius 2 is 1.80 bits per heavy atom. The van der Waals surface area contributed by atoms with Gasteiger partial charge in [0.05, 0.1) is 0 Å². The lowest BCUT2D eigenvalue weighted by molar-refractivity contribution is 0.732. The minimum atomic E-state index is 0.153. The second-order valence-corrected chi connectivity index (χ2v) is 6.02. The third kappa shape index (κ3) is 2.67. The van der Waals surface area contributed by atoms with E-state index in [0.29, 0.717) is 0 Å². The maximum Gasteiger partial charge on any atom is 0.0436 e. The van der Waals surface area contributed by atoms with Gasteiger partial charge in [0.2, 0.25) is 0 Å². The van der Waals surface area contributed by atoms with Gasteiger partial charge in [0.1, 0.15) is 0 Å². The van der Waals surface area contributed by atoms with E-state index in [0.717, 1.165) is 24.5 Å². The number of anilines is 1. The van der Waals surface area contributed by atoms with Gasteiger partial charge in [0.15, 0.2) is 0 Å². The molecule has 20 heavy (non-hydrogen) atoms. The second kappa shape index (κ2) is 5.47. The fourth-order valence-corrected chi connectivity index (χ4v) is 3.02. The Balaban J connectivity index is 1.93. The molecule has 2 aromatic rings. The van der Waals surface area contributed by atoms with Gasteiger partial charge in [-0.1, -0.05) is 41.9 Å². The van der Waals surface area contributed by atoms with Crippen LogP contribution in [0.25, 0.3) is 0 Å². The molecule has 0 aliphatic carbocycles. The minimum absolute atomic E-state index is 0.153. The molecule has 0 aromatic heterocycles. The number of rotatable bonds is 3. The predicted octanol–water partition coefficient (Wildman–Crippen LogP) is 3.75. The summed E-state index contributed by atoms with van der Waals surface area (Å²) in [6, 6.07) is 14.9. The molecule has 0 spiro atoms. The first-order chi connectivity index (χ1) is 9.63. The van der Waals surface area contributed by atoms with E-state index in [1.807, 2.05) is 13.0 Å². The first-order valence-corrected chi connectivity index (χ1v) is 7.37. The van der Waals surface area contributed by atoms with Crippen molar-refractivity contribution >= 4 is 17.3 Å². The van der Waals surface area contributed by atoms with Crippen molar-refractivity contribution in [2.24, 2.45) is 5.73 Å². The van der Waals surface area contributed by atoms with Gasteiger partial charge < -0.3 is 10.6 Å². The summed E-state index contributed by atoms with van der Waals surface area (Å²) in [4.78, 5) is 2.38. The van der Waals surface area contributed by atoms with Crippen molar-refractivity contribution in [2.45, 2.75) is 32.5 Å². The Labute approximate surface area is 125 Å². The molecule has 3 rings (SSSR count). The van der Waals surface area contributed by atoms with E-state index in [1.165, 1.54) is 22.4 Å². The number of nitrogens with two attached hydrogens (primary N) is 1. The van der Waals surface area contributed by atoms with E-state index >= 15 is 0 Å². The molecule has 2 N–H and O–H groups in total. The molecule has 0 fully saturated rings. The standard InChI is InChI=1S/C17H19ClN2/c1-12(19)8-13-6-7-16(18)9-17(13)20-10-14-4-2-3-5-15(14)11-20/h2-7,9,12H,8,10-11,19H2,1H3. The third-order valence-corrected chi connectivity index (χ3v) is 4.01. The summed E-state index contributed by atoms with van der Waals surface area (Å²) in [6.07, 6.45) is 0.874. The lowest BCUT2D eigenvalue weighted by atomic mass is 10.0. The molecular formula is C17H19ClN2. The van der Waals surface area contributed by atoms with Crippen LogP contribution < -0.4 is 10.6 Å². The number of hydrogen-bond acceptors (Lipinski definition) is 2. The van der Waals surface area contributed by atoms with Gasteiger partial charge in [0, 0.05) is 29.8 Å². The Hall–Kier alpha value is -1.51. The van der Waals surface area contributed by atoms with Crippen molar-refractivity contribution in [3.63, 3.8) is 0 Å². The van der Waals surface area contributed by atoms with E-state index < -0.39 is 0 Å². The monoisotopic (exact) mass is 286 g/mol. The SMILES string of the molecule is CC(N)Cc1ccc(Cl)cc1N1Cc2ccccc2C1. The molecule has 1 atom stereocenters. The third-order valence-electron chi connectivity index (χ3n) is 3.77. The van der Waals surface area contributed by atoms with Gasteiger partial charge in [-0.3, -0.25) is 0 Å². The van der Waals surface area contributed by atoms with Gasteiger partial charge in [-0.25, -0.2) is 0 Å². The van der Waals surface area contributed by atoms with Crippen molar-refractivity contribution in [1.29, 1.82) is 0 Å². The molecule has 0 saturated carbocycles. The smallest absolute Gasteiger partial charge is 0.0436 e. The van der Waals surface area contributed by atoms with E-state index in [4.69, 9.17) is 17.3 Å². The van der Waals surface area contributed by atoms with E-state index in [-0.39, 0.29) is 6.04 Å². The van der Waals surface area contributed by atoms with Gasteiger partial charge in [0.25, 0.3) is 0 Å². The lowest BCUT2D eigenvalue weighted by Gasteiger charge is -2.22. The number of nitrogens with zero attached hydrogens (tertiary/aromatic N) is 1. The molecule has 0 bridgehead atoms. The summed E-state index contributed by atoms with van der Waals surface area (Å²) >= 11 is 6.19. The van der Waals surface area contributed by atoms with Crippen molar-refractivity contribution in [2.75, 3.05) is 4.90 Å². The topological polar surface area (TPSA) is 29.3 Å². The van der Waals surface area contributed by atoms with Crippen LogP contribution in [0.1, 0.15) is 23.6 Å². The van der Waals surface area contributed by atoms with Crippen molar-refractivity contribution in [3.8, 4) is 0 Å². The molecule has 3 heteroatoms. The highest BCUT2D eigenvalue weighted by molar-refractivity contribution is 6.30. The zero-order chi connectivity index (χ0) is 14.1. The average Bonchev–Trinajstić information content (AvgIpc) is 2.84. The highest BCUT2D eigenvalue weighted by atomic mass is 35.5. The number of benzene rings is 2. The largest absolute Gasteiger partial charge is 0.363 e. The van der Waals surface area contributed by atoms with Crippen LogP contribution in [0.4, 0.5) is 5.69 Å². The van der Waals surface area contributed by atoms with Crippen molar-refractivity contribution in [1.82, 2.24) is 0 Å². The molecular weight excluding hydrogens is 268 g/mol. The Morgan fingerprint density at radius 1 is 1.15 bits per heavy atom. The Morgan fingerprint density at radius 3 is 2.40 bits per heavy atom. The van der Waals surface area contributed by atoms with Crippen LogP contribution in [0.5, 0.6) is 0 Å². The fraction of sp³-hybridized carbons (Fsp3) is 0.294. The lowest BCUT2D eigenvalue weighted by Crippen LogP contribution is -2.21. The summed E-state index contributed by atoms with van der Waals surface area (Å²) in [5.41, 5.74) is 11.3. The van der Waals surface area contributed by atoms with E-state index in [9.17, 15) is 0 Å². The van der Waals surface area contributed by atoms with E-state index in [1.54, 1.807) is 0 Å². The summed E-state index contributed by atoms with van der Waals surface area (Å²) in [7, 11) is 0. The molecule has 1 unspecified atom stereocenters. The van der Waals surface area contributed by atoms with Gasteiger partial charge in [-0.05, 0) is 42.2 Å². The molecule has 1 aliphatic heterocycles.